The number of amides is 1. The number of nitro benzene ring substituents is 1. The molecule has 2 rings (SSSR count). The van der Waals surface area contributed by atoms with E-state index in [4.69, 9.17) is 14.2 Å². The highest BCUT2D eigenvalue weighted by atomic mass is 16.6. The molecule has 0 aliphatic carbocycles. The topological polar surface area (TPSA) is 99.9 Å². The molecule has 0 atom stereocenters. The van der Waals surface area contributed by atoms with E-state index < -0.39 is 10.8 Å². The largest absolute Gasteiger partial charge is 0.493 e. The van der Waals surface area contributed by atoms with Crippen LogP contribution < -0.4 is 14.8 Å². The molecule has 0 radical (unpaired) electrons. The Morgan fingerprint density at radius 2 is 1.73 bits per heavy atom. The number of nitrogens with zero attached hydrogens (tertiary/aromatic N) is 1. The van der Waals surface area contributed by atoms with Gasteiger partial charge in [-0.25, -0.2) is 0 Å². The van der Waals surface area contributed by atoms with E-state index in [0.29, 0.717) is 6.61 Å². The Morgan fingerprint density at radius 3 is 2.35 bits per heavy atom. The van der Waals surface area contributed by atoms with Gasteiger partial charge in [-0.2, -0.15) is 0 Å². The van der Waals surface area contributed by atoms with E-state index in [0.717, 1.165) is 11.1 Å². The van der Waals surface area contributed by atoms with Crippen LogP contribution in [0.15, 0.2) is 36.4 Å². The zero-order valence-electron chi connectivity index (χ0n) is 14.8. The molecule has 8 heteroatoms. The Morgan fingerprint density at radius 1 is 1.08 bits per heavy atom. The second kappa shape index (κ2) is 8.82. The monoisotopic (exact) mass is 360 g/mol. The quantitative estimate of drug-likeness (QED) is 0.574. The first kappa shape index (κ1) is 19.2. The fourth-order valence-corrected chi connectivity index (χ4v) is 2.47. The van der Waals surface area contributed by atoms with Crippen LogP contribution >= 0.6 is 0 Å². The first-order chi connectivity index (χ1) is 12.5. The third-order valence-electron chi connectivity index (χ3n) is 3.70. The van der Waals surface area contributed by atoms with Crippen molar-refractivity contribution in [1.82, 2.24) is 5.32 Å². The number of carbonyl (C=O) groups is 1. The second-order valence-electron chi connectivity index (χ2n) is 5.42. The second-order valence-corrected chi connectivity index (χ2v) is 5.42. The third-order valence-corrected chi connectivity index (χ3v) is 3.70. The number of methoxy groups -OCH3 is 3. The van der Waals surface area contributed by atoms with Crippen molar-refractivity contribution in [1.29, 1.82) is 0 Å². The highest BCUT2D eigenvalue weighted by Crippen LogP contribution is 2.34. The summed E-state index contributed by atoms with van der Waals surface area (Å²) in [6.07, 6.45) is 0. The van der Waals surface area contributed by atoms with Crippen molar-refractivity contribution in [3.63, 3.8) is 0 Å². The van der Waals surface area contributed by atoms with Crippen LogP contribution in [-0.4, -0.2) is 32.2 Å². The molecule has 0 saturated heterocycles. The van der Waals surface area contributed by atoms with Crippen molar-refractivity contribution >= 4 is 11.6 Å². The first-order valence-electron chi connectivity index (χ1n) is 7.75. The molecular weight excluding hydrogens is 340 g/mol. The number of benzene rings is 2. The van der Waals surface area contributed by atoms with Crippen molar-refractivity contribution in [3.8, 4) is 11.5 Å². The van der Waals surface area contributed by atoms with Crippen LogP contribution in [0.25, 0.3) is 0 Å². The molecule has 0 bridgehead atoms. The standard InChI is InChI=1S/C18H20N2O6/c1-24-11-13-6-4-5-12(7-13)10-19-18(21)14-8-16(25-2)17(26-3)9-15(14)20(22)23/h4-9H,10-11H2,1-3H3,(H,19,21). The van der Waals surface area contributed by atoms with E-state index in [9.17, 15) is 14.9 Å². The molecule has 0 aliphatic heterocycles. The molecule has 2 aromatic carbocycles. The minimum Gasteiger partial charge on any atom is -0.493 e. The lowest BCUT2D eigenvalue weighted by Gasteiger charge is -2.11. The molecule has 26 heavy (non-hydrogen) atoms. The fourth-order valence-electron chi connectivity index (χ4n) is 2.47. The normalized spacial score (nSPS) is 10.3. The van der Waals surface area contributed by atoms with Gasteiger partial charge in [-0.15, -0.1) is 0 Å². The predicted octanol–water partition coefficient (Wildman–Crippen LogP) is 2.69. The van der Waals surface area contributed by atoms with Gasteiger partial charge < -0.3 is 19.5 Å². The molecule has 0 spiro atoms. The zero-order valence-corrected chi connectivity index (χ0v) is 14.8. The van der Waals surface area contributed by atoms with Gasteiger partial charge in [-0.3, -0.25) is 14.9 Å². The minimum absolute atomic E-state index is 0.0966. The summed E-state index contributed by atoms with van der Waals surface area (Å²) in [6, 6.07) is 9.98. The van der Waals surface area contributed by atoms with E-state index in [1.54, 1.807) is 7.11 Å². The maximum Gasteiger partial charge on any atom is 0.286 e. The van der Waals surface area contributed by atoms with Gasteiger partial charge >= 0.3 is 0 Å². The fraction of sp³-hybridized carbons (Fsp3) is 0.278. The van der Waals surface area contributed by atoms with E-state index in [1.807, 2.05) is 24.3 Å². The minimum atomic E-state index is -0.629. The van der Waals surface area contributed by atoms with Gasteiger partial charge in [0.25, 0.3) is 11.6 Å². The lowest BCUT2D eigenvalue weighted by Crippen LogP contribution is -2.24. The number of nitrogens with one attached hydrogen (secondary N) is 1. The van der Waals surface area contributed by atoms with E-state index in [1.165, 1.54) is 26.4 Å². The summed E-state index contributed by atoms with van der Waals surface area (Å²) < 4.78 is 15.3. The van der Waals surface area contributed by atoms with Crippen molar-refractivity contribution < 1.29 is 23.9 Å². The number of ether oxygens (including phenoxy) is 3. The highest BCUT2D eigenvalue weighted by Gasteiger charge is 2.24. The number of hydrogen-bond donors (Lipinski definition) is 1. The molecule has 0 aromatic heterocycles. The number of nitro groups is 1. The Kier molecular flexibility index (Phi) is 6.51. The van der Waals surface area contributed by atoms with Crippen LogP contribution in [-0.2, 0) is 17.9 Å². The molecule has 0 heterocycles. The summed E-state index contributed by atoms with van der Waals surface area (Å²) in [5.41, 5.74) is 1.38. The molecular formula is C18H20N2O6. The van der Waals surface area contributed by atoms with Gasteiger partial charge in [0.05, 0.1) is 31.8 Å². The van der Waals surface area contributed by atoms with Crippen LogP contribution in [0.2, 0.25) is 0 Å². The molecule has 0 fully saturated rings. The maximum atomic E-state index is 12.5. The Hall–Kier alpha value is -3.13. The molecule has 0 saturated carbocycles. The van der Waals surface area contributed by atoms with Crippen LogP contribution in [0.4, 0.5) is 5.69 Å². The molecule has 8 nitrogen and oxygen atoms in total. The van der Waals surface area contributed by atoms with Gasteiger partial charge in [0.1, 0.15) is 5.56 Å². The van der Waals surface area contributed by atoms with E-state index >= 15 is 0 Å². The summed E-state index contributed by atoms with van der Waals surface area (Å²) in [5, 5.41) is 14.0. The molecule has 0 unspecified atom stereocenters. The highest BCUT2D eigenvalue weighted by molar-refractivity contribution is 5.99. The average Bonchev–Trinajstić information content (AvgIpc) is 2.65. The summed E-state index contributed by atoms with van der Waals surface area (Å²) in [6.45, 7) is 0.685. The van der Waals surface area contributed by atoms with Crippen LogP contribution in [0.3, 0.4) is 0 Å². The first-order valence-corrected chi connectivity index (χ1v) is 7.75. The Bertz CT molecular complexity index is 806. The summed E-state index contributed by atoms with van der Waals surface area (Å²) in [4.78, 5) is 23.2. The summed E-state index contributed by atoms with van der Waals surface area (Å²) >= 11 is 0. The number of hydrogen-bond acceptors (Lipinski definition) is 6. The molecule has 2 aromatic rings. The van der Waals surface area contributed by atoms with Gasteiger partial charge in [0.2, 0.25) is 0 Å². The Labute approximate surface area is 150 Å². The lowest BCUT2D eigenvalue weighted by atomic mass is 10.1. The van der Waals surface area contributed by atoms with Gasteiger partial charge in [-0.05, 0) is 11.1 Å². The lowest BCUT2D eigenvalue weighted by molar-refractivity contribution is -0.385. The maximum absolute atomic E-state index is 12.5. The number of rotatable bonds is 8. The number of carbonyl (C=O) groups excluding carboxylic acids is 1. The van der Waals surface area contributed by atoms with Crippen molar-refractivity contribution in [2.75, 3.05) is 21.3 Å². The van der Waals surface area contributed by atoms with Crippen LogP contribution in [0, 0.1) is 10.1 Å². The zero-order chi connectivity index (χ0) is 19.1. The van der Waals surface area contributed by atoms with Gasteiger partial charge in [0.15, 0.2) is 11.5 Å². The van der Waals surface area contributed by atoms with Gasteiger partial charge in [-0.1, -0.05) is 24.3 Å². The van der Waals surface area contributed by atoms with E-state index in [2.05, 4.69) is 5.32 Å². The SMILES string of the molecule is COCc1cccc(CNC(=O)c2cc(OC)c(OC)cc2[N+](=O)[O-])c1. The summed E-state index contributed by atoms with van der Waals surface area (Å²) in [5.74, 6) is -0.150. The van der Waals surface area contributed by atoms with Crippen molar-refractivity contribution in [2.24, 2.45) is 0 Å². The summed E-state index contributed by atoms with van der Waals surface area (Å²) in [7, 11) is 4.37. The molecule has 138 valence electrons. The Balaban J connectivity index is 2.23. The van der Waals surface area contributed by atoms with Crippen LogP contribution in [0.5, 0.6) is 11.5 Å². The van der Waals surface area contributed by atoms with Gasteiger partial charge in [0, 0.05) is 19.7 Å². The molecule has 1 N–H and O–H groups in total. The van der Waals surface area contributed by atoms with Crippen LogP contribution in [0.1, 0.15) is 21.5 Å². The smallest absolute Gasteiger partial charge is 0.286 e. The predicted molar refractivity (Wildman–Crippen MR) is 94.5 cm³/mol. The molecule has 0 aliphatic rings. The van der Waals surface area contributed by atoms with Crippen molar-refractivity contribution in [3.05, 3.63) is 63.2 Å². The molecule has 1 amide bonds. The average molecular weight is 360 g/mol. The third kappa shape index (κ3) is 4.48. The van der Waals surface area contributed by atoms with Crippen molar-refractivity contribution in [2.45, 2.75) is 13.2 Å². The van der Waals surface area contributed by atoms with E-state index in [-0.39, 0.29) is 29.3 Å².